The maximum absolute atomic E-state index is 13.0. The largest absolute Gasteiger partial charge is 0.573 e. The number of fused-ring (bicyclic) bond motifs is 3. The number of nitrogens with one attached hydrogen (secondary N) is 2. The van der Waals surface area contributed by atoms with Crippen LogP contribution in [0.15, 0.2) is 150 Å². The van der Waals surface area contributed by atoms with E-state index in [4.69, 9.17) is 16.0 Å². The first kappa shape index (κ1) is 48.2. The number of piperidine rings is 1. The van der Waals surface area contributed by atoms with Gasteiger partial charge in [0, 0.05) is 54.4 Å². The van der Waals surface area contributed by atoms with Crippen LogP contribution in [0, 0.1) is 0 Å². The van der Waals surface area contributed by atoms with E-state index in [-0.39, 0.29) is 23.3 Å². The van der Waals surface area contributed by atoms with Gasteiger partial charge >= 0.3 is 12.7 Å². The number of rotatable bonds is 12. The molecule has 11 nitrogen and oxygen atoms in total. The fourth-order valence-electron chi connectivity index (χ4n) is 8.56. The fraction of sp³-hybridized carbons (Fsp3) is 0.208. The van der Waals surface area contributed by atoms with Crippen LogP contribution in [0.5, 0.6) is 11.5 Å². The number of alkyl halides is 6. The molecule has 4 aromatic heterocycles. The number of carbonyl (C=O) groups is 1. The van der Waals surface area contributed by atoms with Crippen molar-refractivity contribution in [3.63, 3.8) is 0 Å². The van der Waals surface area contributed by atoms with Crippen molar-refractivity contribution in [1.82, 2.24) is 24.7 Å². The quantitative estimate of drug-likeness (QED) is 0.115. The Labute approximate surface area is 408 Å². The monoisotopic (exact) mass is 991 g/mol. The van der Waals surface area contributed by atoms with Gasteiger partial charge in [-0.15, -0.1) is 26.3 Å². The van der Waals surface area contributed by atoms with Gasteiger partial charge in [-0.2, -0.15) is 0 Å². The molecule has 0 bridgehead atoms. The molecule has 1 amide bonds. The van der Waals surface area contributed by atoms with Gasteiger partial charge in [-0.3, -0.25) is 9.20 Å². The van der Waals surface area contributed by atoms with Gasteiger partial charge in [0.15, 0.2) is 0 Å². The first-order valence-corrected chi connectivity index (χ1v) is 23.0. The Morgan fingerprint density at radius 2 is 1.45 bits per heavy atom. The van der Waals surface area contributed by atoms with Crippen LogP contribution in [0.4, 0.5) is 37.8 Å². The Bertz CT molecular complexity index is 3280. The van der Waals surface area contributed by atoms with Crippen LogP contribution in [0.3, 0.4) is 0 Å². The molecule has 0 unspecified atom stereocenters. The van der Waals surface area contributed by atoms with Crippen molar-refractivity contribution in [3.8, 4) is 22.8 Å². The standard InChI is InChI=1S/C29H28ClF3N4O2.C24H16F3N3O2/c1-2-25-27(37-18-22(30)7-12-26(37)35-25)28(38)34-17-19-3-8-23(9-4-19)36-15-13-21(14-16-36)20-5-10-24(11-6-20)39-29(31,32)33;25-24(26,27)32-18-8-6-16(7-9-18)22-12-17-11-15(5-10-21(17)31-22)13-28-23-19-3-1-2-4-20(19)29-14-30-23/h3-12,18,21H,2,13-17H2,1H3,(H,34,38);1-12,14H,13H2,(H,28,29,30). The second kappa shape index (κ2) is 20.7. The molecule has 18 heteroatoms. The molecule has 1 aliphatic rings. The zero-order valence-electron chi connectivity index (χ0n) is 37.9. The highest BCUT2D eigenvalue weighted by molar-refractivity contribution is 6.30. The van der Waals surface area contributed by atoms with Crippen molar-refractivity contribution in [1.29, 1.82) is 0 Å². The minimum absolute atomic E-state index is 0.200. The van der Waals surface area contributed by atoms with Crippen LogP contribution in [-0.4, -0.2) is 51.1 Å². The number of pyridine rings is 1. The lowest BCUT2D eigenvalue weighted by molar-refractivity contribution is -0.275. The third kappa shape index (κ3) is 12.0. The highest BCUT2D eigenvalue weighted by Crippen LogP contribution is 2.34. The van der Waals surface area contributed by atoms with Crippen molar-refractivity contribution >= 4 is 56.5 Å². The van der Waals surface area contributed by atoms with Crippen LogP contribution < -0.4 is 25.0 Å². The summed E-state index contributed by atoms with van der Waals surface area (Å²) >= 11 is 6.14. The maximum atomic E-state index is 13.0. The van der Waals surface area contributed by atoms with Gasteiger partial charge in [-0.25, -0.2) is 15.0 Å². The number of hydrogen-bond donors (Lipinski definition) is 2. The minimum Gasteiger partial charge on any atom is -0.456 e. The molecule has 0 aliphatic carbocycles. The molecule has 364 valence electrons. The molecule has 0 spiro atoms. The fourth-order valence-corrected chi connectivity index (χ4v) is 8.72. The molecule has 0 saturated carbocycles. The molecule has 5 aromatic carbocycles. The Morgan fingerprint density at radius 3 is 2.14 bits per heavy atom. The van der Waals surface area contributed by atoms with Gasteiger partial charge in [0.1, 0.15) is 46.3 Å². The topological polar surface area (TPSA) is 119 Å². The Hall–Kier alpha value is -7.79. The summed E-state index contributed by atoms with van der Waals surface area (Å²) in [6.07, 6.45) is -3.74. The molecule has 5 heterocycles. The smallest absolute Gasteiger partial charge is 0.456 e. The molecule has 10 rings (SSSR count). The number of halogens is 7. The van der Waals surface area contributed by atoms with E-state index in [2.05, 4.69) is 52.1 Å². The van der Waals surface area contributed by atoms with E-state index in [0.29, 0.717) is 52.8 Å². The summed E-state index contributed by atoms with van der Waals surface area (Å²) < 4.78 is 89.7. The van der Waals surface area contributed by atoms with Crippen LogP contribution >= 0.6 is 11.6 Å². The van der Waals surface area contributed by atoms with Gasteiger partial charge in [0.05, 0.1) is 16.2 Å². The molecule has 9 aromatic rings. The van der Waals surface area contributed by atoms with E-state index < -0.39 is 12.7 Å². The zero-order valence-corrected chi connectivity index (χ0v) is 38.7. The van der Waals surface area contributed by atoms with Crippen LogP contribution in [0.2, 0.25) is 5.02 Å². The molecular weight excluding hydrogens is 948 g/mol. The number of aryl methyl sites for hydroxylation is 1. The summed E-state index contributed by atoms with van der Waals surface area (Å²) in [5.74, 6) is 0.927. The van der Waals surface area contributed by atoms with Crippen molar-refractivity contribution in [2.45, 2.75) is 57.9 Å². The Kier molecular flexibility index (Phi) is 14.0. The third-order valence-electron chi connectivity index (χ3n) is 12.0. The second-order valence-electron chi connectivity index (χ2n) is 16.7. The molecule has 2 N–H and O–H groups in total. The second-order valence-corrected chi connectivity index (χ2v) is 17.1. The highest BCUT2D eigenvalue weighted by atomic mass is 35.5. The molecule has 0 atom stereocenters. The average Bonchev–Trinajstić information content (AvgIpc) is 3.96. The van der Waals surface area contributed by atoms with Gasteiger partial charge < -0.3 is 29.4 Å². The van der Waals surface area contributed by atoms with E-state index in [1.807, 2.05) is 67.6 Å². The van der Waals surface area contributed by atoms with Gasteiger partial charge in [0.2, 0.25) is 0 Å². The molecule has 1 saturated heterocycles. The first-order chi connectivity index (χ1) is 34.1. The lowest BCUT2D eigenvalue weighted by Crippen LogP contribution is -2.32. The van der Waals surface area contributed by atoms with Gasteiger partial charge in [0.25, 0.3) is 5.91 Å². The number of imidazole rings is 1. The van der Waals surface area contributed by atoms with Crippen LogP contribution in [0.25, 0.3) is 38.8 Å². The first-order valence-electron chi connectivity index (χ1n) is 22.6. The van der Waals surface area contributed by atoms with E-state index >= 15 is 0 Å². The van der Waals surface area contributed by atoms with Gasteiger partial charge in [-0.1, -0.05) is 61.0 Å². The normalized spacial score (nSPS) is 13.3. The van der Waals surface area contributed by atoms with Crippen LogP contribution in [-0.2, 0) is 19.5 Å². The van der Waals surface area contributed by atoms with Gasteiger partial charge in [-0.05, 0) is 133 Å². The van der Waals surface area contributed by atoms with Crippen molar-refractivity contribution < 1.29 is 45.0 Å². The van der Waals surface area contributed by atoms with E-state index in [1.165, 1.54) is 42.7 Å². The maximum Gasteiger partial charge on any atom is 0.573 e. The predicted octanol–water partition coefficient (Wildman–Crippen LogP) is 13.3. The lowest BCUT2D eigenvalue weighted by Gasteiger charge is -2.34. The number of aromatic nitrogens is 4. The minimum atomic E-state index is -4.72. The molecular formula is C53H44ClF6N7O4. The number of benzene rings is 5. The summed E-state index contributed by atoms with van der Waals surface area (Å²) in [7, 11) is 0. The lowest BCUT2D eigenvalue weighted by atomic mass is 9.89. The van der Waals surface area contributed by atoms with E-state index in [0.717, 1.165) is 76.1 Å². The number of amides is 1. The molecule has 1 aliphatic heterocycles. The summed E-state index contributed by atoms with van der Waals surface area (Å²) in [5, 5.41) is 8.71. The summed E-state index contributed by atoms with van der Waals surface area (Å²) in [4.78, 5) is 28.5. The summed E-state index contributed by atoms with van der Waals surface area (Å²) in [6, 6.07) is 38.9. The number of ether oxygens (including phenoxy) is 2. The van der Waals surface area contributed by atoms with E-state index in [9.17, 15) is 31.1 Å². The molecule has 0 radical (unpaired) electrons. The molecule has 1 fully saturated rings. The number of hydrogen-bond acceptors (Lipinski definition) is 9. The number of anilines is 2. The summed E-state index contributed by atoms with van der Waals surface area (Å²) in [5.41, 5.74) is 8.24. The number of para-hydroxylation sites is 1. The number of nitrogens with zero attached hydrogens (tertiary/aromatic N) is 5. The van der Waals surface area contributed by atoms with E-state index in [1.54, 1.807) is 34.9 Å². The van der Waals surface area contributed by atoms with Crippen LogP contribution in [0.1, 0.15) is 58.6 Å². The highest BCUT2D eigenvalue weighted by Gasteiger charge is 2.32. The predicted molar refractivity (Wildman–Crippen MR) is 260 cm³/mol. The average molecular weight is 992 g/mol. The Balaban J connectivity index is 0.000000179. The van der Waals surface area contributed by atoms with Crippen molar-refractivity contribution in [2.24, 2.45) is 0 Å². The SMILES string of the molecule is CCc1nc2ccc(Cl)cn2c1C(=O)NCc1ccc(N2CCC(c3ccc(OC(F)(F)F)cc3)CC2)cc1.FC(F)(F)Oc1ccc(-c2cc3cc(CNc4ncnc5ccccc45)ccc3o2)cc1. The number of furan rings is 1. The molecule has 71 heavy (non-hydrogen) atoms. The Morgan fingerprint density at radius 1 is 0.775 bits per heavy atom. The number of carbonyl (C=O) groups excluding carboxylic acids is 1. The summed E-state index contributed by atoms with van der Waals surface area (Å²) in [6.45, 7) is 4.59. The third-order valence-corrected chi connectivity index (χ3v) is 12.2. The van der Waals surface area contributed by atoms with Crippen molar-refractivity contribution in [2.75, 3.05) is 23.3 Å². The zero-order chi connectivity index (χ0) is 49.7. The van der Waals surface area contributed by atoms with Crippen molar-refractivity contribution in [3.05, 3.63) is 179 Å².